The summed E-state index contributed by atoms with van der Waals surface area (Å²) in [4.78, 5) is 15.8. The van der Waals surface area contributed by atoms with E-state index < -0.39 is 17.7 Å². The lowest BCUT2D eigenvalue weighted by Crippen LogP contribution is -2.04. The van der Waals surface area contributed by atoms with Gasteiger partial charge in [-0.2, -0.15) is 13.2 Å². The van der Waals surface area contributed by atoms with Gasteiger partial charge in [-0.3, -0.25) is 0 Å². The first-order chi connectivity index (χ1) is 11.4. The van der Waals surface area contributed by atoms with Gasteiger partial charge in [-0.15, -0.1) is 0 Å². The van der Waals surface area contributed by atoms with Crippen LogP contribution in [0, 0.1) is 0 Å². The molecular weight excluding hydrogens is 343 g/mol. The van der Waals surface area contributed by atoms with E-state index in [1.807, 2.05) is 0 Å². The van der Waals surface area contributed by atoms with Crippen LogP contribution in [-0.2, 0) is 10.9 Å². The van der Waals surface area contributed by atoms with E-state index in [-0.39, 0.29) is 22.0 Å². The van der Waals surface area contributed by atoms with Crippen LogP contribution in [0.1, 0.15) is 15.9 Å². The van der Waals surface area contributed by atoms with Crippen molar-refractivity contribution in [2.45, 2.75) is 6.18 Å². The number of esters is 1. The number of carbonyl (C=O) groups excluding carboxylic acids is 1. The van der Waals surface area contributed by atoms with E-state index in [1.165, 1.54) is 19.2 Å². The highest BCUT2D eigenvalue weighted by atomic mass is 32.1. The van der Waals surface area contributed by atoms with Gasteiger partial charge in [-0.05, 0) is 30.3 Å². The molecule has 0 aliphatic heterocycles. The minimum absolute atomic E-state index is 0.140. The zero-order valence-corrected chi connectivity index (χ0v) is 13.1. The smallest absolute Gasteiger partial charge is 0.416 e. The molecule has 0 aliphatic carbocycles. The van der Waals surface area contributed by atoms with Crippen molar-refractivity contribution in [3.05, 3.63) is 53.6 Å². The highest BCUT2D eigenvalue weighted by Gasteiger charge is 2.30. The molecule has 0 radical (unpaired) electrons. The van der Waals surface area contributed by atoms with E-state index in [0.29, 0.717) is 4.70 Å². The number of aromatic nitrogens is 1. The Morgan fingerprint density at radius 2 is 1.92 bits per heavy atom. The Balaban J connectivity index is 1.96. The summed E-state index contributed by atoms with van der Waals surface area (Å²) in [6.45, 7) is 0. The van der Waals surface area contributed by atoms with Crippen molar-refractivity contribution in [1.29, 1.82) is 0 Å². The van der Waals surface area contributed by atoms with Crippen molar-refractivity contribution in [3.63, 3.8) is 0 Å². The molecule has 0 bridgehead atoms. The number of hydrogen-bond donors (Lipinski definition) is 0. The highest BCUT2D eigenvalue weighted by Crippen LogP contribution is 2.36. The number of ether oxygens (including phenoxy) is 2. The van der Waals surface area contributed by atoms with Gasteiger partial charge in [0.05, 0.1) is 22.9 Å². The third-order valence-corrected chi connectivity index (χ3v) is 4.10. The number of methoxy groups -OCH3 is 1. The summed E-state index contributed by atoms with van der Waals surface area (Å²) in [5.74, 6) is -0.356. The van der Waals surface area contributed by atoms with Gasteiger partial charge in [0.25, 0.3) is 5.19 Å². The third-order valence-electron chi connectivity index (χ3n) is 3.18. The molecule has 1 heterocycles. The standard InChI is InChI=1S/C16H10F3NO3S/c1-22-14(21)10-4-2-3-5-12(10)23-15-20-11-8-9(16(17,18)19)6-7-13(11)24-15/h2-8H,1H3. The third kappa shape index (κ3) is 3.18. The summed E-state index contributed by atoms with van der Waals surface area (Å²) < 4.78 is 49.0. The number of fused-ring (bicyclic) bond motifs is 1. The van der Waals surface area contributed by atoms with Crippen LogP contribution in [0.4, 0.5) is 13.2 Å². The summed E-state index contributed by atoms with van der Waals surface area (Å²) in [7, 11) is 1.25. The van der Waals surface area contributed by atoms with Crippen molar-refractivity contribution >= 4 is 27.5 Å². The van der Waals surface area contributed by atoms with Crippen LogP contribution in [0.5, 0.6) is 10.9 Å². The molecule has 24 heavy (non-hydrogen) atoms. The first-order valence-corrected chi connectivity index (χ1v) is 7.53. The van der Waals surface area contributed by atoms with Gasteiger partial charge >= 0.3 is 12.1 Å². The number of benzene rings is 2. The number of hydrogen-bond acceptors (Lipinski definition) is 5. The second-order valence-electron chi connectivity index (χ2n) is 4.75. The topological polar surface area (TPSA) is 48.4 Å². The van der Waals surface area contributed by atoms with Crippen LogP contribution in [0.2, 0.25) is 0 Å². The number of para-hydroxylation sites is 1. The number of halogens is 3. The van der Waals surface area contributed by atoms with Crippen molar-refractivity contribution < 1.29 is 27.4 Å². The molecule has 3 aromatic rings. The monoisotopic (exact) mass is 353 g/mol. The van der Waals surface area contributed by atoms with Crippen molar-refractivity contribution in [3.8, 4) is 10.9 Å². The molecule has 0 aliphatic rings. The second kappa shape index (κ2) is 6.12. The lowest BCUT2D eigenvalue weighted by molar-refractivity contribution is -0.137. The first-order valence-electron chi connectivity index (χ1n) is 6.71. The number of thiazole rings is 1. The lowest BCUT2D eigenvalue weighted by atomic mass is 10.2. The summed E-state index contributed by atoms with van der Waals surface area (Å²) >= 11 is 1.09. The fraction of sp³-hybridized carbons (Fsp3) is 0.125. The van der Waals surface area contributed by atoms with Crippen molar-refractivity contribution in [1.82, 2.24) is 4.98 Å². The molecule has 0 spiro atoms. The normalized spacial score (nSPS) is 11.5. The number of nitrogens with zero attached hydrogens (tertiary/aromatic N) is 1. The Morgan fingerprint density at radius 1 is 1.17 bits per heavy atom. The molecule has 0 unspecified atom stereocenters. The van der Waals surface area contributed by atoms with Gasteiger partial charge in [-0.25, -0.2) is 9.78 Å². The van der Waals surface area contributed by atoms with E-state index in [2.05, 4.69) is 9.72 Å². The minimum atomic E-state index is -4.43. The first kappa shape index (κ1) is 16.3. The lowest BCUT2D eigenvalue weighted by Gasteiger charge is -2.06. The SMILES string of the molecule is COC(=O)c1ccccc1Oc1nc2cc(C(F)(F)F)ccc2s1. The molecule has 3 rings (SSSR count). The Hall–Kier alpha value is -2.61. The molecule has 1 aromatic heterocycles. The van der Waals surface area contributed by atoms with Crippen LogP contribution in [0.3, 0.4) is 0 Å². The van der Waals surface area contributed by atoms with Crippen LogP contribution in [0.15, 0.2) is 42.5 Å². The summed E-state index contributed by atoms with van der Waals surface area (Å²) in [6, 6.07) is 9.69. The Bertz CT molecular complexity index is 905. The maximum Gasteiger partial charge on any atom is 0.416 e. The summed E-state index contributed by atoms with van der Waals surface area (Å²) in [5.41, 5.74) is -0.391. The number of carbonyl (C=O) groups is 1. The minimum Gasteiger partial charge on any atom is -0.465 e. The molecule has 8 heteroatoms. The average molecular weight is 353 g/mol. The van der Waals surface area contributed by atoms with Gasteiger partial charge < -0.3 is 9.47 Å². The maximum absolute atomic E-state index is 12.7. The zero-order valence-electron chi connectivity index (χ0n) is 12.3. The van der Waals surface area contributed by atoms with Crippen LogP contribution in [0.25, 0.3) is 10.2 Å². The molecule has 0 saturated carbocycles. The van der Waals surface area contributed by atoms with Gasteiger partial charge in [0.2, 0.25) is 0 Å². The molecule has 0 atom stereocenters. The van der Waals surface area contributed by atoms with E-state index in [0.717, 1.165) is 23.5 Å². The fourth-order valence-corrected chi connectivity index (χ4v) is 2.86. The molecule has 2 aromatic carbocycles. The van der Waals surface area contributed by atoms with Gasteiger partial charge in [0.1, 0.15) is 11.3 Å². The molecule has 0 amide bonds. The Morgan fingerprint density at radius 3 is 2.62 bits per heavy atom. The molecule has 124 valence electrons. The Kier molecular flexibility index (Phi) is 4.15. The van der Waals surface area contributed by atoms with E-state index in [9.17, 15) is 18.0 Å². The largest absolute Gasteiger partial charge is 0.465 e. The highest BCUT2D eigenvalue weighted by molar-refractivity contribution is 7.20. The molecular formula is C16H10F3NO3S. The predicted octanol–water partition coefficient (Wildman–Crippen LogP) is 4.89. The van der Waals surface area contributed by atoms with Crippen molar-refractivity contribution in [2.75, 3.05) is 7.11 Å². The van der Waals surface area contributed by atoms with E-state index in [4.69, 9.17) is 4.74 Å². The molecule has 0 N–H and O–H groups in total. The van der Waals surface area contributed by atoms with Crippen LogP contribution in [-0.4, -0.2) is 18.1 Å². The molecule has 4 nitrogen and oxygen atoms in total. The maximum atomic E-state index is 12.7. The van der Waals surface area contributed by atoms with Gasteiger partial charge in [-0.1, -0.05) is 23.5 Å². The second-order valence-corrected chi connectivity index (χ2v) is 5.74. The average Bonchev–Trinajstić information content (AvgIpc) is 2.95. The predicted molar refractivity (Wildman–Crippen MR) is 82.5 cm³/mol. The Labute approximate surface area is 138 Å². The van der Waals surface area contributed by atoms with E-state index in [1.54, 1.807) is 18.2 Å². The van der Waals surface area contributed by atoms with E-state index >= 15 is 0 Å². The van der Waals surface area contributed by atoms with Gasteiger partial charge in [0.15, 0.2) is 0 Å². The fourth-order valence-electron chi connectivity index (χ4n) is 2.05. The zero-order chi connectivity index (χ0) is 17.3. The number of rotatable bonds is 3. The van der Waals surface area contributed by atoms with Crippen molar-refractivity contribution in [2.24, 2.45) is 0 Å². The van der Waals surface area contributed by atoms with Gasteiger partial charge in [0, 0.05) is 0 Å². The summed E-state index contributed by atoms with van der Waals surface area (Å²) in [6.07, 6.45) is -4.43. The quantitative estimate of drug-likeness (QED) is 0.629. The summed E-state index contributed by atoms with van der Waals surface area (Å²) in [5, 5.41) is 0.140. The number of alkyl halides is 3. The molecule has 0 fully saturated rings. The van der Waals surface area contributed by atoms with Crippen LogP contribution >= 0.6 is 11.3 Å². The van der Waals surface area contributed by atoms with Crippen LogP contribution < -0.4 is 4.74 Å². The molecule has 0 saturated heterocycles.